The fraction of sp³-hybridized carbons (Fsp3) is 0.471. The summed E-state index contributed by atoms with van der Waals surface area (Å²) >= 11 is 0. The van der Waals surface area contributed by atoms with Gasteiger partial charge in [0.15, 0.2) is 0 Å². The first kappa shape index (κ1) is 12.5. The molecule has 2 aliphatic rings. The molecule has 0 unspecified atom stereocenters. The first-order valence-corrected chi connectivity index (χ1v) is 7.22. The number of aryl methyl sites for hydroxylation is 1. The summed E-state index contributed by atoms with van der Waals surface area (Å²) in [7, 11) is 0. The zero-order valence-corrected chi connectivity index (χ0v) is 11.5. The molecule has 0 N–H and O–H groups in total. The number of likely N-dealkylation sites (tertiary alicyclic amines) is 1. The van der Waals surface area contributed by atoms with Crippen LogP contribution in [0, 0.1) is 18.8 Å². The van der Waals surface area contributed by atoms with Gasteiger partial charge in [0.25, 0.3) is 0 Å². The van der Waals surface area contributed by atoms with E-state index in [0.29, 0.717) is 11.8 Å². The van der Waals surface area contributed by atoms with Crippen molar-refractivity contribution in [3.63, 3.8) is 0 Å². The van der Waals surface area contributed by atoms with Crippen molar-refractivity contribution in [1.82, 2.24) is 4.90 Å². The number of carbonyl (C=O) groups excluding carboxylic acids is 1. The minimum absolute atomic E-state index is 0.236. The molecule has 0 aromatic heterocycles. The molecule has 0 atom stereocenters. The molecule has 2 nitrogen and oxygen atoms in total. The largest absolute Gasteiger partial charge is 0.342 e. The molecular formula is C17H21NO. The molecule has 1 saturated heterocycles. The summed E-state index contributed by atoms with van der Waals surface area (Å²) in [5.41, 5.74) is 2.80. The van der Waals surface area contributed by atoms with E-state index >= 15 is 0 Å². The van der Waals surface area contributed by atoms with E-state index in [2.05, 4.69) is 43.3 Å². The van der Waals surface area contributed by atoms with Crippen LogP contribution in [-0.2, 0) is 11.2 Å². The van der Waals surface area contributed by atoms with Crippen LogP contribution in [0.1, 0.15) is 24.0 Å². The third kappa shape index (κ3) is 2.58. The molecule has 1 aliphatic carbocycles. The van der Waals surface area contributed by atoms with Gasteiger partial charge in [-0.3, -0.25) is 4.79 Å². The third-order valence-electron chi connectivity index (χ3n) is 4.40. The lowest BCUT2D eigenvalue weighted by Crippen LogP contribution is -2.52. The van der Waals surface area contributed by atoms with Gasteiger partial charge in [0.05, 0.1) is 0 Å². The standard InChI is InChI=1S/C17H21NO/c1-13-6-2-3-9-16(13)10-14-11-18(12-14)17(19)15-7-4-5-8-15/h2-6,9,14-15H,7-8,10-12H2,1H3. The fourth-order valence-electron chi connectivity index (χ4n) is 3.11. The molecule has 1 amide bonds. The SMILES string of the molecule is Cc1ccccc1CC1CN(C(=O)C2CC=CC2)C1. The number of amides is 1. The Kier molecular flexibility index (Phi) is 3.41. The second-order valence-electron chi connectivity index (χ2n) is 5.88. The van der Waals surface area contributed by atoms with Crippen molar-refractivity contribution < 1.29 is 4.79 Å². The normalized spacial score (nSPS) is 19.7. The van der Waals surface area contributed by atoms with Crippen LogP contribution >= 0.6 is 0 Å². The van der Waals surface area contributed by atoms with Crippen molar-refractivity contribution in [2.75, 3.05) is 13.1 Å². The molecule has 19 heavy (non-hydrogen) atoms. The number of nitrogens with zero attached hydrogens (tertiary/aromatic N) is 1. The van der Waals surface area contributed by atoms with Crippen molar-refractivity contribution in [3.05, 3.63) is 47.5 Å². The summed E-state index contributed by atoms with van der Waals surface area (Å²) in [6.07, 6.45) is 7.26. The van der Waals surface area contributed by atoms with Gasteiger partial charge in [-0.2, -0.15) is 0 Å². The van der Waals surface area contributed by atoms with Crippen LogP contribution < -0.4 is 0 Å². The van der Waals surface area contributed by atoms with Gasteiger partial charge < -0.3 is 4.90 Å². The first-order chi connectivity index (χ1) is 9.24. The highest BCUT2D eigenvalue weighted by atomic mass is 16.2. The van der Waals surface area contributed by atoms with Crippen molar-refractivity contribution in [3.8, 4) is 0 Å². The summed E-state index contributed by atoms with van der Waals surface area (Å²) in [6, 6.07) is 8.57. The summed E-state index contributed by atoms with van der Waals surface area (Å²) < 4.78 is 0. The van der Waals surface area contributed by atoms with E-state index in [1.807, 2.05) is 4.90 Å². The van der Waals surface area contributed by atoms with E-state index in [4.69, 9.17) is 0 Å². The van der Waals surface area contributed by atoms with Crippen molar-refractivity contribution >= 4 is 5.91 Å². The van der Waals surface area contributed by atoms with Crippen LogP contribution in [-0.4, -0.2) is 23.9 Å². The Labute approximate surface area is 115 Å². The third-order valence-corrected chi connectivity index (χ3v) is 4.40. The van der Waals surface area contributed by atoms with Gasteiger partial charge >= 0.3 is 0 Å². The molecule has 2 heteroatoms. The minimum atomic E-state index is 0.236. The summed E-state index contributed by atoms with van der Waals surface area (Å²) in [6.45, 7) is 4.06. The van der Waals surface area contributed by atoms with Crippen LogP contribution in [0.25, 0.3) is 0 Å². The molecule has 1 heterocycles. The molecule has 1 aromatic carbocycles. The number of rotatable bonds is 3. The Morgan fingerprint density at radius 3 is 2.58 bits per heavy atom. The van der Waals surface area contributed by atoms with Gasteiger partial charge in [-0.05, 0) is 43.2 Å². The number of benzene rings is 1. The Hall–Kier alpha value is -1.57. The van der Waals surface area contributed by atoms with Gasteiger partial charge in [-0.25, -0.2) is 0 Å². The van der Waals surface area contributed by atoms with E-state index in [1.165, 1.54) is 11.1 Å². The number of hydrogen-bond acceptors (Lipinski definition) is 1. The van der Waals surface area contributed by atoms with Gasteiger partial charge in [0, 0.05) is 19.0 Å². The highest BCUT2D eigenvalue weighted by molar-refractivity contribution is 5.80. The van der Waals surface area contributed by atoms with Crippen molar-refractivity contribution in [2.45, 2.75) is 26.2 Å². The van der Waals surface area contributed by atoms with Gasteiger partial charge in [0.1, 0.15) is 0 Å². The lowest BCUT2D eigenvalue weighted by Gasteiger charge is -2.41. The maximum atomic E-state index is 12.2. The molecule has 1 fully saturated rings. The number of allylic oxidation sites excluding steroid dienone is 2. The van der Waals surface area contributed by atoms with Gasteiger partial charge in [0.2, 0.25) is 5.91 Å². The fourth-order valence-corrected chi connectivity index (χ4v) is 3.11. The van der Waals surface area contributed by atoms with Gasteiger partial charge in [-0.15, -0.1) is 0 Å². The molecular weight excluding hydrogens is 234 g/mol. The maximum Gasteiger partial charge on any atom is 0.226 e. The van der Waals surface area contributed by atoms with E-state index < -0.39 is 0 Å². The lowest BCUT2D eigenvalue weighted by molar-refractivity contribution is -0.141. The Morgan fingerprint density at radius 1 is 1.21 bits per heavy atom. The summed E-state index contributed by atoms with van der Waals surface area (Å²) in [4.78, 5) is 14.2. The molecule has 1 aromatic rings. The Balaban J connectivity index is 1.50. The zero-order chi connectivity index (χ0) is 13.2. The van der Waals surface area contributed by atoms with Crippen LogP contribution in [0.15, 0.2) is 36.4 Å². The van der Waals surface area contributed by atoms with E-state index in [0.717, 1.165) is 32.4 Å². The second kappa shape index (κ2) is 5.20. The molecule has 1 aliphatic heterocycles. The molecule has 0 saturated carbocycles. The maximum absolute atomic E-state index is 12.2. The van der Waals surface area contributed by atoms with E-state index in [1.54, 1.807) is 0 Å². The second-order valence-corrected chi connectivity index (χ2v) is 5.88. The molecule has 100 valence electrons. The average Bonchev–Trinajstić information content (AvgIpc) is 2.88. The van der Waals surface area contributed by atoms with E-state index in [-0.39, 0.29) is 5.92 Å². The number of carbonyl (C=O) groups is 1. The highest BCUT2D eigenvalue weighted by Gasteiger charge is 2.34. The monoisotopic (exact) mass is 255 g/mol. The van der Waals surface area contributed by atoms with Crippen molar-refractivity contribution in [1.29, 1.82) is 0 Å². The van der Waals surface area contributed by atoms with Crippen LogP contribution in [0.4, 0.5) is 0 Å². The number of hydrogen-bond donors (Lipinski definition) is 0. The minimum Gasteiger partial charge on any atom is -0.342 e. The molecule has 0 radical (unpaired) electrons. The summed E-state index contributed by atoms with van der Waals surface area (Å²) in [5, 5.41) is 0. The predicted octanol–water partition coefficient (Wildman–Crippen LogP) is 2.96. The molecule has 0 spiro atoms. The zero-order valence-electron chi connectivity index (χ0n) is 11.5. The Morgan fingerprint density at radius 2 is 1.89 bits per heavy atom. The first-order valence-electron chi connectivity index (χ1n) is 7.22. The average molecular weight is 255 g/mol. The van der Waals surface area contributed by atoms with E-state index in [9.17, 15) is 4.79 Å². The quantitative estimate of drug-likeness (QED) is 0.760. The topological polar surface area (TPSA) is 20.3 Å². The smallest absolute Gasteiger partial charge is 0.226 e. The lowest BCUT2D eigenvalue weighted by atomic mass is 9.89. The van der Waals surface area contributed by atoms with Crippen LogP contribution in [0.5, 0.6) is 0 Å². The molecule has 3 rings (SSSR count). The van der Waals surface area contributed by atoms with Crippen LogP contribution in [0.3, 0.4) is 0 Å². The van der Waals surface area contributed by atoms with Gasteiger partial charge in [-0.1, -0.05) is 36.4 Å². The van der Waals surface area contributed by atoms with Crippen molar-refractivity contribution in [2.24, 2.45) is 11.8 Å². The predicted molar refractivity (Wildman–Crippen MR) is 76.8 cm³/mol. The highest BCUT2D eigenvalue weighted by Crippen LogP contribution is 2.27. The van der Waals surface area contributed by atoms with Crippen LogP contribution in [0.2, 0.25) is 0 Å². The summed E-state index contributed by atoms with van der Waals surface area (Å²) in [5.74, 6) is 1.25. The Bertz CT molecular complexity index is 492. The molecule has 0 bridgehead atoms.